The number of ether oxygens (including phenoxy) is 1. The van der Waals surface area contributed by atoms with Gasteiger partial charge in [0.05, 0.1) is 5.69 Å². The summed E-state index contributed by atoms with van der Waals surface area (Å²) in [6.07, 6.45) is 0. The molecule has 0 unspecified atom stereocenters. The zero-order chi connectivity index (χ0) is 15.2. The molecule has 1 N–H and O–H groups in total. The Morgan fingerprint density at radius 2 is 1.76 bits per heavy atom. The van der Waals surface area contributed by atoms with Crippen molar-refractivity contribution in [3.05, 3.63) is 58.4 Å². The van der Waals surface area contributed by atoms with Crippen LogP contribution >= 0.6 is 0 Å². The molecule has 0 amide bonds. The van der Waals surface area contributed by atoms with Gasteiger partial charge in [0, 0.05) is 12.2 Å². The Labute approximate surface area is 127 Å². The number of rotatable bonds is 6. The highest BCUT2D eigenvalue weighted by atomic mass is 16.5. The van der Waals surface area contributed by atoms with E-state index in [1.807, 2.05) is 19.1 Å². The molecule has 112 valence electrons. The SMILES string of the molecule is CCNCc1nc(C)ccc1OCc1cc(C)cc(C)c1. The second kappa shape index (κ2) is 7.23. The van der Waals surface area contributed by atoms with Crippen LogP contribution in [0.15, 0.2) is 30.3 Å². The van der Waals surface area contributed by atoms with Crippen molar-refractivity contribution in [2.75, 3.05) is 6.54 Å². The first-order valence-electron chi connectivity index (χ1n) is 7.45. The second-order valence-electron chi connectivity index (χ2n) is 5.46. The van der Waals surface area contributed by atoms with Crippen LogP contribution in [0.4, 0.5) is 0 Å². The number of aryl methyl sites for hydroxylation is 3. The third-order valence-corrected chi connectivity index (χ3v) is 3.29. The van der Waals surface area contributed by atoms with Gasteiger partial charge in [0.1, 0.15) is 12.4 Å². The summed E-state index contributed by atoms with van der Waals surface area (Å²) in [4.78, 5) is 4.57. The lowest BCUT2D eigenvalue weighted by Gasteiger charge is -2.12. The molecule has 1 aromatic heterocycles. The Morgan fingerprint density at radius 1 is 1.05 bits per heavy atom. The molecule has 0 radical (unpaired) electrons. The van der Waals surface area contributed by atoms with E-state index in [-0.39, 0.29) is 0 Å². The highest BCUT2D eigenvalue weighted by molar-refractivity contribution is 5.31. The molecule has 0 fully saturated rings. The Kier molecular flexibility index (Phi) is 5.34. The maximum atomic E-state index is 5.98. The minimum absolute atomic E-state index is 0.576. The van der Waals surface area contributed by atoms with Crippen LogP contribution in [-0.4, -0.2) is 11.5 Å². The minimum atomic E-state index is 0.576. The van der Waals surface area contributed by atoms with Gasteiger partial charge in [-0.1, -0.05) is 36.2 Å². The number of aromatic nitrogens is 1. The maximum absolute atomic E-state index is 5.98. The average Bonchev–Trinajstić information content (AvgIpc) is 2.43. The van der Waals surface area contributed by atoms with E-state index in [0.717, 1.165) is 30.2 Å². The zero-order valence-corrected chi connectivity index (χ0v) is 13.4. The fraction of sp³-hybridized carbons (Fsp3) is 0.389. The molecule has 0 spiro atoms. The number of hydrogen-bond donors (Lipinski definition) is 1. The first-order chi connectivity index (χ1) is 10.1. The number of nitrogens with zero attached hydrogens (tertiary/aromatic N) is 1. The van der Waals surface area contributed by atoms with E-state index in [0.29, 0.717) is 6.61 Å². The molecule has 1 aromatic carbocycles. The quantitative estimate of drug-likeness (QED) is 0.878. The van der Waals surface area contributed by atoms with Gasteiger partial charge >= 0.3 is 0 Å². The molecule has 0 saturated carbocycles. The molecule has 3 heteroatoms. The van der Waals surface area contributed by atoms with Crippen LogP contribution in [0.5, 0.6) is 5.75 Å². The largest absolute Gasteiger partial charge is 0.487 e. The normalized spacial score (nSPS) is 10.7. The fourth-order valence-electron chi connectivity index (χ4n) is 2.41. The molecule has 3 nitrogen and oxygen atoms in total. The Bertz CT molecular complexity index is 588. The molecule has 1 heterocycles. The Balaban J connectivity index is 2.11. The van der Waals surface area contributed by atoms with Crippen LogP contribution in [0.2, 0.25) is 0 Å². The summed E-state index contributed by atoms with van der Waals surface area (Å²) in [5.41, 5.74) is 5.72. The Hall–Kier alpha value is -1.87. The second-order valence-corrected chi connectivity index (χ2v) is 5.46. The molecule has 0 atom stereocenters. The van der Waals surface area contributed by atoms with Gasteiger partial charge < -0.3 is 10.1 Å². The van der Waals surface area contributed by atoms with Crippen molar-refractivity contribution in [3.8, 4) is 5.75 Å². The van der Waals surface area contributed by atoms with Gasteiger partial charge in [-0.2, -0.15) is 0 Å². The topological polar surface area (TPSA) is 34.2 Å². The van der Waals surface area contributed by atoms with Crippen molar-refractivity contribution in [2.45, 2.75) is 40.8 Å². The monoisotopic (exact) mass is 284 g/mol. The fourth-order valence-corrected chi connectivity index (χ4v) is 2.41. The van der Waals surface area contributed by atoms with Gasteiger partial charge in [0.15, 0.2) is 0 Å². The number of benzene rings is 1. The number of nitrogens with one attached hydrogen (secondary N) is 1. The molecule has 2 aromatic rings. The molecule has 0 aliphatic rings. The number of pyridine rings is 1. The summed E-state index contributed by atoms with van der Waals surface area (Å²) in [6.45, 7) is 10.6. The van der Waals surface area contributed by atoms with Crippen molar-refractivity contribution in [3.63, 3.8) is 0 Å². The van der Waals surface area contributed by atoms with Gasteiger partial charge in [-0.05, 0) is 45.0 Å². The predicted octanol–water partition coefficient (Wildman–Crippen LogP) is 3.70. The van der Waals surface area contributed by atoms with Crippen molar-refractivity contribution in [1.82, 2.24) is 10.3 Å². The molecule has 0 bridgehead atoms. The van der Waals surface area contributed by atoms with E-state index in [2.05, 4.69) is 49.3 Å². The van der Waals surface area contributed by atoms with E-state index >= 15 is 0 Å². The lowest BCUT2D eigenvalue weighted by Crippen LogP contribution is -2.14. The van der Waals surface area contributed by atoms with Gasteiger partial charge in [-0.15, -0.1) is 0 Å². The van der Waals surface area contributed by atoms with Gasteiger partial charge in [0.2, 0.25) is 0 Å². The summed E-state index contributed by atoms with van der Waals surface area (Å²) < 4.78 is 5.98. The smallest absolute Gasteiger partial charge is 0.142 e. The van der Waals surface area contributed by atoms with E-state index in [1.54, 1.807) is 0 Å². The molecule has 0 aliphatic heterocycles. The van der Waals surface area contributed by atoms with Crippen molar-refractivity contribution in [1.29, 1.82) is 0 Å². The maximum Gasteiger partial charge on any atom is 0.142 e. The molecular weight excluding hydrogens is 260 g/mol. The van der Waals surface area contributed by atoms with Crippen molar-refractivity contribution < 1.29 is 4.74 Å². The van der Waals surface area contributed by atoms with Crippen LogP contribution in [0.3, 0.4) is 0 Å². The van der Waals surface area contributed by atoms with Crippen LogP contribution < -0.4 is 10.1 Å². The lowest BCUT2D eigenvalue weighted by molar-refractivity contribution is 0.300. The van der Waals surface area contributed by atoms with Crippen LogP contribution in [0.1, 0.15) is 35.0 Å². The van der Waals surface area contributed by atoms with E-state index in [4.69, 9.17) is 4.74 Å². The first kappa shape index (κ1) is 15.5. The first-order valence-corrected chi connectivity index (χ1v) is 7.45. The summed E-state index contributed by atoms with van der Waals surface area (Å²) >= 11 is 0. The number of hydrogen-bond acceptors (Lipinski definition) is 3. The van der Waals surface area contributed by atoms with Crippen LogP contribution in [0.25, 0.3) is 0 Å². The van der Waals surface area contributed by atoms with E-state index < -0.39 is 0 Å². The highest BCUT2D eigenvalue weighted by Gasteiger charge is 2.06. The van der Waals surface area contributed by atoms with Crippen molar-refractivity contribution in [2.24, 2.45) is 0 Å². The van der Waals surface area contributed by atoms with Crippen molar-refractivity contribution >= 4 is 0 Å². The minimum Gasteiger partial charge on any atom is -0.487 e. The lowest BCUT2D eigenvalue weighted by atomic mass is 10.1. The third kappa shape index (κ3) is 4.57. The summed E-state index contributed by atoms with van der Waals surface area (Å²) in [6, 6.07) is 10.5. The molecule has 0 aliphatic carbocycles. The summed E-state index contributed by atoms with van der Waals surface area (Å²) in [5, 5.41) is 3.31. The summed E-state index contributed by atoms with van der Waals surface area (Å²) in [7, 11) is 0. The van der Waals surface area contributed by atoms with Gasteiger partial charge in [-0.25, -0.2) is 0 Å². The van der Waals surface area contributed by atoms with Gasteiger partial charge in [0.25, 0.3) is 0 Å². The van der Waals surface area contributed by atoms with Crippen LogP contribution in [-0.2, 0) is 13.2 Å². The molecule has 2 rings (SSSR count). The molecule has 21 heavy (non-hydrogen) atoms. The van der Waals surface area contributed by atoms with E-state index in [1.165, 1.54) is 16.7 Å². The van der Waals surface area contributed by atoms with E-state index in [9.17, 15) is 0 Å². The third-order valence-electron chi connectivity index (χ3n) is 3.29. The molecular formula is C18H24N2O. The predicted molar refractivity (Wildman–Crippen MR) is 86.6 cm³/mol. The standard InChI is InChI=1S/C18H24N2O/c1-5-19-11-17-18(7-6-15(4)20-17)21-12-16-9-13(2)8-14(3)10-16/h6-10,19H,5,11-12H2,1-4H3. The average molecular weight is 284 g/mol. The summed E-state index contributed by atoms with van der Waals surface area (Å²) in [5.74, 6) is 0.862. The zero-order valence-electron chi connectivity index (χ0n) is 13.4. The molecule has 0 saturated heterocycles. The van der Waals surface area contributed by atoms with Gasteiger partial charge in [-0.3, -0.25) is 4.98 Å². The highest BCUT2D eigenvalue weighted by Crippen LogP contribution is 2.19. The Morgan fingerprint density at radius 3 is 2.43 bits per heavy atom. The van der Waals surface area contributed by atoms with Crippen LogP contribution in [0, 0.1) is 20.8 Å².